The predicted octanol–water partition coefficient (Wildman–Crippen LogP) is 6.72. The minimum atomic E-state index is -0.943. The number of carbonyl (C=O) groups excluding carboxylic acids is 1. The van der Waals surface area contributed by atoms with Crippen LogP contribution in [0.5, 0.6) is 11.8 Å². The van der Waals surface area contributed by atoms with Gasteiger partial charge in [0, 0.05) is 49.4 Å². The van der Waals surface area contributed by atoms with Gasteiger partial charge >= 0.3 is 6.01 Å². The van der Waals surface area contributed by atoms with E-state index in [4.69, 9.17) is 9.72 Å². The molecule has 1 N–H and O–H groups in total. The molecule has 13 heteroatoms. The van der Waals surface area contributed by atoms with E-state index in [0.29, 0.717) is 72.9 Å². The number of hydrogen-bond acceptors (Lipinski definition) is 9. The Morgan fingerprint density at radius 3 is 2.65 bits per heavy atom. The maximum Gasteiger partial charge on any atom is 0.319 e. The summed E-state index contributed by atoms with van der Waals surface area (Å²) >= 11 is 0. The molecule has 0 radical (unpaired) electrons. The van der Waals surface area contributed by atoms with Crippen LogP contribution in [-0.4, -0.2) is 85.1 Å². The number of benzene rings is 2. The van der Waals surface area contributed by atoms with Crippen LogP contribution in [-0.2, 0) is 6.42 Å². The van der Waals surface area contributed by atoms with Crippen molar-refractivity contribution in [3.63, 3.8) is 0 Å². The summed E-state index contributed by atoms with van der Waals surface area (Å²) in [6.07, 6.45) is 4.04. The molecule has 0 amide bonds. The number of aromatic hydroxyl groups is 1. The van der Waals surface area contributed by atoms with Crippen molar-refractivity contribution in [1.82, 2.24) is 29.6 Å². The van der Waals surface area contributed by atoms with Crippen LogP contribution in [0.1, 0.15) is 60.8 Å². The lowest BCUT2D eigenvalue weighted by Gasteiger charge is -2.33. The minimum Gasteiger partial charge on any atom is -0.508 e. The Labute approximate surface area is 293 Å². The number of rotatable bonds is 7. The fourth-order valence-electron chi connectivity index (χ4n) is 8.56. The van der Waals surface area contributed by atoms with Crippen molar-refractivity contribution in [1.29, 1.82) is 0 Å². The van der Waals surface area contributed by atoms with Crippen molar-refractivity contribution in [3.05, 3.63) is 65.1 Å². The molecule has 2 aromatic carbocycles. The smallest absolute Gasteiger partial charge is 0.319 e. The summed E-state index contributed by atoms with van der Waals surface area (Å²) in [4.78, 5) is 31.4. The SMILES string of the molecule is CCc1c(F)ccc2cc(O)cc(-c3ncc4c(N5CCC(C(=O)n6nc(C)cc6C)CC5)nc(OC[C@@]56CCCN5C[C@H](F)C6)nc4c3F)c12. The number of carbonyl (C=O) groups is 1. The van der Waals surface area contributed by atoms with Gasteiger partial charge in [0.05, 0.1) is 16.6 Å². The second kappa shape index (κ2) is 12.8. The molecule has 5 aromatic rings. The number of pyridine rings is 1. The number of hydrogen-bond donors (Lipinski definition) is 1. The normalized spacial score (nSPS) is 21.2. The molecule has 3 aliphatic rings. The first kappa shape index (κ1) is 33.4. The molecule has 0 unspecified atom stereocenters. The van der Waals surface area contributed by atoms with Crippen molar-refractivity contribution in [2.24, 2.45) is 5.92 Å². The number of fused-ring (bicyclic) bond motifs is 3. The van der Waals surface area contributed by atoms with Crippen molar-refractivity contribution in [2.45, 2.75) is 71.0 Å². The Morgan fingerprint density at radius 1 is 1.10 bits per heavy atom. The molecule has 3 aliphatic heterocycles. The molecule has 6 heterocycles. The van der Waals surface area contributed by atoms with Gasteiger partial charge in [0.2, 0.25) is 5.91 Å². The first-order valence-electron chi connectivity index (χ1n) is 17.7. The number of alkyl halides is 1. The first-order valence-corrected chi connectivity index (χ1v) is 17.7. The van der Waals surface area contributed by atoms with Crippen molar-refractivity contribution >= 4 is 33.4 Å². The number of ether oxygens (including phenoxy) is 1. The number of nitrogens with zero attached hydrogens (tertiary/aromatic N) is 7. The third kappa shape index (κ3) is 5.75. The highest BCUT2D eigenvalue weighted by molar-refractivity contribution is 6.01. The summed E-state index contributed by atoms with van der Waals surface area (Å²) in [5.74, 6) is -1.19. The van der Waals surface area contributed by atoms with E-state index in [1.54, 1.807) is 6.07 Å². The number of halogens is 3. The molecule has 0 aliphatic carbocycles. The molecule has 3 aromatic heterocycles. The second-order valence-electron chi connectivity index (χ2n) is 14.3. The van der Waals surface area contributed by atoms with Gasteiger partial charge in [-0.3, -0.25) is 14.7 Å². The van der Waals surface area contributed by atoms with Crippen LogP contribution < -0.4 is 9.64 Å². The van der Waals surface area contributed by atoms with Crippen LogP contribution in [0.2, 0.25) is 0 Å². The fourth-order valence-corrected chi connectivity index (χ4v) is 8.56. The molecule has 2 atom stereocenters. The number of phenolic OH excluding ortho intramolecular Hbond substituents is 1. The van der Waals surface area contributed by atoms with Gasteiger partial charge in [0.1, 0.15) is 41.4 Å². The average Bonchev–Trinajstić information content (AvgIpc) is 3.77. The molecular formula is C38H40F3N7O3. The Kier molecular flexibility index (Phi) is 8.35. The lowest BCUT2D eigenvalue weighted by molar-refractivity contribution is 0.0793. The summed E-state index contributed by atoms with van der Waals surface area (Å²) < 4.78 is 54.3. The van der Waals surface area contributed by atoms with Gasteiger partial charge < -0.3 is 14.7 Å². The summed E-state index contributed by atoms with van der Waals surface area (Å²) in [5, 5.41) is 16.4. The average molecular weight is 700 g/mol. The van der Waals surface area contributed by atoms with E-state index in [2.05, 4.69) is 20.0 Å². The van der Waals surface area contributed by atoms with Gasteiger partial charge in [-0.25, -0.2) is 17.9 Å². The summed E-state index contributed by atoms with van der Waals surface area (Å²) in [6.45, 7) is 7.77. The Bertz CT molecular complexity index is 2180. The zero-order valence-corrected chi connectivity index (χ0v) is 28.9. The van der Waals surface area contributed by atoms with Crippen LogP contribution >= 0.6 is 0 Å². The molecule has 0 saturated carbocycles. The van der Waals surface area contributed by atoms with E-state index in [1.807, 2.05) is 31.7 Å². The van der Waals surface area contributed by atoms with E-state index in [0.717, 1.165) is 30.8 Å². The Hall–Kier alpha value is -4.78. The quantitative estimate of drug-likeness (QED) is 0.198. The molecule has 51 heavy (non-hydrogen) atoms. The molecular weight excluding hydrogens is 659 g/mol. The van der Waals surface area contributed by atoms with E-state index in [1.165, 1.54) is 29.1 Å². The number of anilines is 1. The molecule has 3 saturated heterocycles. The van der Waals surface area contributed by atoms with Crippen molar-refractivity contribution in [2.75, 3.05) is 37.7 Å². The topological polar surface area (TPSA) is 110 Å². The number of phenols is 1. The molecule has 0 bridgehead atoms. The summed E-state index contributed by atoms with van der Waals surface area (Å²) in [6, 6.07) is 7.63. The third-order valence-electron chi connectivity index (χ3n) is 11.0. The van der Waals surface area contributed by atoms with Gasteiger partial charge in [0.25, 0.3) is 0 Å². The molecule has 266 valence electrons. The monoisotopic (exact) mass is 699 g/mol. The van der Waals surface area contributed by atoms with Gasteiger partial charge in [-0.1, -0.05) is 13.0 Å². The maximum absolute atomic E-state index is 17.0. The van der Waals surface area contributed by atoms with Crippen LogP contribution in [0.3, 0.4) is 0 Å². The molecule has 0 spiro atoms. The summed E-state index contributed by atoms with van der Waals surface area (Å²) in [7, 11) is 0. The highest BCUT2D eigenvalue weighted by Crippen LogP contribution is 2.42. The van der Waals surface area contributed by atoms with E-state index in [9.17, 15) is 14.3 Å². The zero-order chi connectivity index (χ0) is 35.6. The lowest BCUT2D eigenvalue weighted by Crippen LogP contribution is -2.43. The second-order valence-corrected chi connectivity index (χ2v) is 14.3. The van der Waals surface area contributed by atoms with Gasteiger partial charge in [-0.05, 0) is 93.1 Å². The van der Waals surface area contributed by atoms with E-state index >= 15 is 8.78 Å². The molecule has 10 nitrogen and oxygen atoms in total. The highest BCUT2D eigenvalue weighted by Gasteiger charge is 2.49. The third-order valence-corrected chi connectivity index (χ3v) is 11.0. The zero-order valence-electron chi connectivity index (χ0n) is 28.9. The number of aryl methyl sites for hydroxylation is 3. The molecule has 8 rings (SSSR count). The highest BCUT2D eigenvalue weighted by atomic mass is 19.1. The summed E-state index contributed by atoms with van der Waals surface area (Å²) in [5.41, 5.74) is 1.59. The Morgan fingerprint density at radius 2 is 1.90 bits per heavy atom. The van der Waals surface area contributed by atoms with E-state index in [-0.39, 0.29) is 47.0 Å². The fraction of sp³-hybridized carbons (Fsp3) is 0.447. The Balaban J connectivity index is 1.20. The maximum atomic E-state index is 17.0. The van der Waals surface area contributed by atoms with Crippen LogP contribution in [0.4, 0.5) is 19.0 Å². The van der Waals surface area contributed by atoms with Crippen molar-refractivity contribution in [3.8, 4) is 23.0 Å². The predicted molar refractivity (Wildman–Crippen MR) is 187 cm³/mol. The molecule has 3 fully saturated rings. The number of aromatic nitrogens is 5. The first-order chi connectivity index (χ1) is 24.5. The lowest BCUT2D eigenvalue weighted by atomic mass is 9.94. The standard InChI is InChI=1S/C38H40F3N7O3/c1-4-27-30(40)7-6-24-15-26(49)16-28(31(24)27)33-32(41)34-29(18-42-33)35(44-37(43-34)51-20-38-10-5-11-47(38)19-25(39)17-38)46-12-8-23(9-13-46)36(50)48-22(3)14-21(2)45-48/h6-7,14-16,18,23,25,49H,4-5,8-13,17,19-20H2,1-3H3/t25-,38+/m1/s1. The van der Waals surface area contributed by atoms with Crippen molar-refractivity contribution < 1.29 is 27.8 Å². The van der Waals surface area contributed by atoms with Gasteiger partial charge in [0.15, 0.2) is 5.82 Å². The van der Waals surface area contributed by atoms with Gasteiger partial charge in [-0.15, -0.1) is 0 Å². The largest absolute Gasteiger partial charge is 0.508 e. The van der Waals surface area contributed by atoms with Crippen LogP contribution in [0.25, 0.3) is 32.9 Å². The minimum absolute atomic E-state index is 0.0395. The van der Waals surface area contributed by atoms with Gasteiger partial charge in [-0.2, -0.15) is 15.1 Å². The number of piperidine rings is 1. The van der Waals surface area contributed by atoms with Crippen LogP contribution in [0, 0.1) is 31.4 Å². The van der Waals surface area contributed by atoms with E-state index < -0.39 is 23.3 Å². The van der Waals surface area contributed by atoms with Crippen LogP contribution in [0.15, 0.2) is 36.5 Å².